The third kappa shape index (κ3) is 3.28. The van der Waals surface area contributed by atoms with Gasteiger partial charge >= 0.3 is 18.6 Å². The Morgan fingerprint density at radius 1 is 1.50 bits per heavy atom. The molecule has 0 fully saturated rings. The molecule has 0 aliphatic heterocycles. The molecule has 104 valence electrons. The number of ether oxygens (including phenoxy) is 1. The van der Waals surface area contributed by atoms with Crippen molar-refractivity contribution in [2.45, 2.75) is 6.54 Å². The van der Waals surface area contributed by atoms with Gasteiger partial charge in [0.15, 0.2) is 6.54 Å². The molecule has 20 heavy (non-hydrogen) atoms. The molecule has 2 rings (SSSR count). The lowest BCUT2D eigenvalue weighted by molar-refractivity contribution is -0.774. The number of nitrogens with one attached hydrogen (secondary N) is 1. The Balaban J connectivity index is 2.04. The predicted octanol–water partition coefficient (Wildman–Crippen LogP) is -0.259. The van der Waals surface area contributed by atoms with E-state index in [0.29, 0.717) is 12.1 Å². The molecule has 1 aromatic heterocycles. The van der Waals surface area contributed by atoms with E-state index in [9.17, 15) is 14.9 Å². The van der Waals surface area contributed by atoms with E-state index < -0.39 is 11.0 Å². The Morgan fingerprint density at radius 2 is 2.20 bits per heavy atom. The molecule has 1 N–H and O–H groups in total. The van der Waals surface area contributed by atoms with Crippen LogP contribution in [0.15, 0.2) is 36.9 Å². The fourth-order valence-electron chi connectivity index (χ4n) is 1.60. The van der Waals surface area contributed by atoms with Gasteiger partial charge in [0.1, 0.15) is 5.10 Å². The highest BCUT2D eigenvalue weighted by Crippen LogP contribution is 2.06. The Bertz CT molecular complexity index is 622. The summed E-state index contributed by atoms with van der Waals surface area (Å²) in [7, 11) is 1.32. The molecule has 0 bridgehead atoms. The molecule has 0 radical (unpaired) electrons. The molecule has 1 aromatic carbocycles. The standard InChI is InChI=1S/C11H12N5O4/c1-20-11(17)10-4-2-9(3-5-10)6-14-8-15(7-12-14)13-16(18)19/h2-5,7-8,13H,6H2,1H3/q+1. The van der Waals surface area contributed by atoms with Crippen molar-refractivity contribution in [1.29, 1.82) is 0 Å². The number of benzene rings is 1. The topological polar surface area (TPSA) is 103 Å². The second-order valence-corrected chi connectivity index (χ2v) is 3.90. The fourth-order valence-corrected chi connectivity index (χ4v) is 1.60. The van der Waals surface area contributed by atoms with Gasteiger partial charge in [0.25, 0.3) is 0 Å². The van der Waals surface area contributed by atoms with Crippen molar-refractivity contribution in [3.8, 4) is 0 Å². The Morgan fingerprint density at radius 3 is 2.80 bits per heavy atom. The van der Waals surface area contributed by atoms with Gasteiger partial charge in [-0.05, 0) is 27.9 Å². The number of carbonyl (C=O) groups is 1. The van der Waals surface area contributed by atoms with Crippen LogP contribution in [0.2, 0.25) is 0 Å². The molecule has 0 aliphatic rings. The van der Waals surface area contributed by atoms with Gasteiger partial charge in [0.05, 0.1) is 12.7 Å². The normalized spacial score (nSPS) is 10.1. The van der Waals surface area contributed by atoms with E-state index in [0.717, 1.165) is 10.2 Å². The third-order valence-corrected chi connectivity index (χ3v) is 2.50. The van der Waals surface area contributed by atoms with E-state index in [1.165, 1.54) is 24.4 Å². The van der Waals surface area contributed by atoms with Crippen LogP contribution in [0.3, 0.4) is 0 Å². The zero-order valence-corrected chi connectivity index (χ0v) is 10.6. The third-order valence-electron chi connectivity index (χ3n) is 2.50. The first-order valence-corrected chi connectivity index (χ1v) is 5.60. The summed E-state index contributed by atoms with van der Waals surface area (Å²) in [5.74, 6) is -0.399. The van der Waals surface area contributed by atoms with E-state index >= 15 is 0 Å². The number of nitrogens with zero attached hydrogens (tertiary/aromatic N) is 4. The molecule has 0 spiro atoms. The highest BCUT2D eigenvalue weighted by Gasteiger charge is 2.13. The summed E-state index contributed by atoms with van der Waals surface area (Å²) in [5.41, 5.74) is 3.29. The van der Waals surface area contributed by atoms with Gasteiger partial charge in [-0.2, -0.15) is 0 Å². The number of rotatable bonds is 5. The van der Waals surface area contributed by atoms with E-state index in [-0.39, 0.29) is 0 Å². The zero-order valence-electron chi connectivity index (χ0n) is 10.6. The maximum absolute atomic E-state index is 11.3. The summed E-state index contributed by atoms with van der Waals surface area (Å²) in [6.07, 6.45) is 2.72. The summed E-state index contributed by atoms with van der Waals surface area (Å²) in [6, 6.07) is 6.82. The molecule has 0 saturated heterocycles. The summed E-state index contributed by atoms with van der Waals surface area (Å²) >= 11 is 0. The average Bonchev–Trinajstić information content (AvgIpc) is 2.85. The van der Waals surface area contributed by atoms with Gasteiger partial charge in [-0.1, -0.05) is 16.8 Å². The fraction of sp³-hybridized carbons (Fsp3) is 0.182. The summed E-state index contributed by atoms with van der Waals surface area (Å²) in [4.78, 5) is 21.5. The predicted molar refractivity (Wildman–Crippen MR) is 65.7 cm³/mol. The lowest BCUT2D eigenvalue weighted by Gasteiger charge is -1.99. The Hall–Kier alpha value is -2.97. The molecule has 0 aliphatic carbocycles. The molecule has 0 atom stereocenters. The van der Waals surface area contributed by atoms with Crippen LogP contribution in [0.25, 0.3) is 0 Å². The maximum atomic E-state index is 11.3. The number of hydrogen-bond acceptors (Lipinski definition) is 5. The molecule has 0 saturated carbocycles. The van der Waals surface area contributed by atoms with Gasteiger partial charge in [0, 0.05) is 5.03 Å². The van der Waals surface area contributed by atoms with Crippen molar-refractivity contribution in [3.05, 3.63) is 58.2 Å². The van der Waals surface area contributed by atoms with E-state index in [1.807, 2.05) is 5.53 Å². The van der Waals surface area contributed by atoms with Crippen LogP contribution < -0.4 is 10.2 Å². The summed E-state index contributed by atoms with van der Waals surface area (Å²) in [5, 5.41) is 13.5. The number of esters is 1. The average molecular weight is 278 g/mol. The lowest BCUT2D eigenvalue weighted by Crippen LogP contribution is -2.46. The molecule has 1 heterocycles. The number of hydrazine groups is 1. The molecule has 2 aromatic rings. The van der Waals surface area contributed by atoms with Gasteiger partial charge in [0.2, 0.25) is 0 Å². The van der Waals surface area contributed by atoms with Crippen molar-refractivity contribution in [3.63, 3.8) is 0 Å². The molecule has 0 unspecified atom stereocenters. The molecule has 0 amide bonds. The van der Waals surface area contributed by atoms with Crippen molar-refractivity contribution < 1.29 is 19.2 Å². The van der Waals surface area contributed by atoms with E-state index in [1.54, 1.807) is 24.3 Å². The quantitative estimate of drug-likeness (QED) is 0.350. The summed E-state index contributed by atoms with van der Waals surface area (Å²) in [6.45, 7) is 0.424. The lowest BCUT2D eigenvalue weighted by atomic mass is 10.1. The number of hydrogen-bond donors (Lipinski definition) is 1. The molecular weight excluding hydrogens is 266 g/mol. The van der Waals surface area contributed by atoms with Crippen LogP contribution in [-0.4, -0.2) is 27.9 Å². The zero-order chi connectivity index (χ0) is 14.5. The molecule has 9 heteroatoms. The molecule has 9 nitrogen and oxygen atoms in total. The smallest absolute Gasteiger partial charge is 0.364 e. The second-order valence-electron chi connectivity index (χ2n) is 3.90. The van der Waals surface area contributed by atoms with Crippen LogP contribution >= 0.6 is 0 Å². The van der Waals surface area contributed by atoms with Gasteiger partial charge in [-0.25, -0.2) is 4.79 Å². The first-order valence-electron chi connectivity index (χ1n) is 5.60. The van der Waals surface area contributed by atoms with Crippen molar-refractivity contribution in [1.82, 2.24) is 9.78 Å². The largest absolute Gasteiger partial charge is 0.465 e. The van der Waals surface area contributed by atoms with Crippen molar-refractivity contribution >= 4 is 5.97 Å². The van der Waals surface area contributed by atoms with Crippen LogP contribution in [-0.2, 0) is 11.3 Å². The van der Waals surface area contributed by atoms with Gasteiger partial charge in [-0.3, -0.25) is 0 Å². The van der Waals surface area contributed by atoms with Crippen LogP contribution in [0.1, 0.15) is 15.9 Å². The second kappa shape index (κ2) is 5.78. The highest BCUT2D eigenvalue weighted by atomic mass is 16.7. The molecular formula is C11H12N5O4+. The van der Waals surface area contributed by atoms with Crippen LogP contribution in [0.4, 0.5) is 0 Å². The SMILES string of the molecule is COC(=O)c1ccc(Cn2c[n+](N[N+](=O)[O-])cn2)cc1. The minimum atomic E-state index is -0.683. The minimum Gasteiger partial charge on any atom is -0.465 e. The number of carbonyl (C=O) groups excluding carboxylic acids is 1. The highest BCUT2D eigenvalue weighted by molar-refractivity contribution is 5.89. The Labute approximate surface area is 113 Å². The monoisotopic (exact) mass is 278 g/mol. The van der Waals surface area contributed by atoms with Crippen LogP contribution in [0, 0.1) is 10.1 Å². The number of methoxy groups -OCH3 is 1. The first kappa shape index (κ1) is 13.5. The first-order chi connectivity index (χ1) is 9.58. The van der Waals surface area contributed by atoms with E-state index in [2.05, 4.69) is 9.84 Å². The number of nitro groups is 1. The number of aromatic nitrogens is 3. The van der Waals surface area contributed by atoms with Gasteiger partial charge in [-0.15, -0.1) is 0 Å². The van der Waals surface area contributed by atoms with Crippen LogP contribution in [0.5, 0.6) is 0 Å². The van der Waals surface area contributed by atoms with Crippen molar-refractivity contribution in [2.24, 2.45) is 0 Å². The minimum absolute atomic E-state index is 0.399. The van der Waals surface area contributed by atoms with Gasteiger partial charge < -0.3 is 14.9 Å². The van der Waals surface area contributed by atoms with E-state index in [4.69, 9.17) is 0 Å². The summed E-state index contributed by atoms with van der Waals surface area (Å²) < 4.78 is 7.25. The van der Waals surface area contributed by atoms with Crippen molar-refractivity contribution in [2.75, 3.05) is 12.6 Å². The maximum Gasteiger partial charge on any atom is 0.364 e. The Kier molecular flexibility index (Phi) is 3.89.